The average molecular weight is 533 g/mol. The van der Waals surface area contributed by atoms with Crippen LogP contribution in [0.5, 0.6) is 0 Å². The van der Waals surface area contributed by atoms with E-state index in [0.717, 1.165) is 28.1 Å². The molecular formula is C30H28N8O2. The van der Waals surface area contributed by atoms with Crippen LogP contribution >= 0.6 is 0 Å². The number of hydrogen-bond donors (Lipinski definition) is 1. The summed E-state index contributed by atoms with van der Waals surface area (Å²) < 4.78 is 4.77. The number of benzene rings is 3. The Bertz CT molecular complexity index is 1920. The first-order valence-corrected chi connectivity index (χ1v) is 13.2. The molecule has 0 amide bonds. The number of aromatic amines is 1. The fourth-order valence-corrected chi connectivity index (χ4v) is 5.12. The second-order valence-corrected chi connectivity index (χ2v) is 9.86. The van der Waals surface area contributed by atoms with Crippen molar-refractivity contribution < 1.29 is 0 Å². The number of nitrogens with one attached hydrogen (secondary N) is 1. The molecule has 3 aromatic heterocycles. The molecule has 3 heterocycles. The van der Waals surface area contributed by atoms with Gasteiger partial charge in [-0.25, -0.2) is 14.3 Å². The fourth-order valence-electron chi connectivity index (χ4n) is 5.12. The number of para-hydroxylation sites is 1. The Labute approximate surface area is 229 Å². The summed E-state index contributed by atoms with van der Waals surface area (Å²) in [7, 11) is 0. The van der Waals surface area contributed by atoms with E-state index in [-0.39, 0.29) is 18.0 Å². The summed E-state index contributed by atoms with van der Waals surface area (Å²) in [5.41, 5.74) is 4.62. The number of hydrogen-bond acceptors (Lipinski definition) is 6. The zero-order valence-corrected chi connectivity index (χ0v) is 22.4. The van der Waals surface area contributed by atoms with Crippen molar-refractivity contribution in [1.29, 1.82) is 0 Å². The number of fused-ring (bicyclic) bond motifs is 1. The molecule has 0 aliphatic rings. The van der Waals surface area contributed by atoms with Crippen molar-refractivity contribution in [3.63, 3.8) is 0 Å². The first-order chi connectivity index (χ1) is 19.5. The van der Waals surface area contributed by atoms with E-state index >= 15 is 0 Å². The Morgan fingerprint density at radius 3 is 2.20 bits per heavy atom. The summed E-state index contributed by atoms with van der Waals surface area (Å²) in [6, 6.07) is 25.4. The predicted octanol–water partition coefficient (Wildman–Crippen LogP) is 4.39. The van der Waals surface area contributed by atoms with Crippen LogP contribution in [0.4, 0.5) is 0 Å². The second-order valence-electron chi connectivity index (χ2n) is 9.86. The maximum Gasteiger partial charge on any atom is 0.337 e. The summed E-state index contributed by atoms with van der Waals surface area (Å²) in [5, 5.41) is 14.5. The van der Waals surface area contributed by atoms with Gasteiger partial charge >= 0.3 is 5.69 Å². The van der Waals surface area contributed by atoms with Gasteiger partial charge in [-0.1, -0.05) is 80.6 Å². The van der Waals surface area contributed by atoms with Gasteiger partial charge in [-0.3, -0.25) is 9.36 Å². The highest BCUT2D eigenvalue weighted by Crippen LogP contribution is 2.30. The minimum absolute atomic E-state index is 0.0299. The lowest BCUT2D eigenvalue weighted by Crippen LogP contribution is -2.39. The number of imidazole rings is 1. The molecule has 0 saturated heterocycles. The average Bonchev–Trinajstić information content (AvgIpc) is 3.64. The van der Waals surface area contributed by atoms with Gasteiger partial charge in [0.05, 0.1) is 5.69 Å². The van der Waals surface area contributed by atoms with E-state index in [2.05, 4.69) is 20.6 Å². The molecule has 0 bridgehead atoms. The highest BCUT2D eigenvalue weighted by Gasteiger charge is 2.23. The van der Waals surface area contributed by atoms with Crippen molar-refractivity contribution in [2.75, 3.05) is 0 Å². The third kappa shape index (κ3) is 4.23. The molecule has 1 N–H and O–H groups in total. The van der Waals surface area contributed by atoms with Gasteiger partial charge in [0.15, 0.2) is 11.2 Å². The summed E-state index contributed by atoms with van der Waals surface area (Å²) in [6.07, 6.45) is 0. The molecule has 0 radical (unpaired) electrons. The van der Waals surface area contributed by atoms with E-state index in [1.165, 1.54) is 4.57 Å². The minimum Gasteiger partial charge on any atom is -0.317 e. The maximum absolute atomic E-state index is 13.7. The Morgan fingerprint density at radius 2 is 1.55 bits per heavy atom. The first-order valence-electron chi connectivity index (χ1n) is 13.2. The minimum atomic E-state index is -0.393. The zero-order chi connectivity index (χ0) is 27.8. The van der Waals surface area contributed by atoms with Gasteiger partial charge in [0.1, 0.15) is 5.82 Å². The molecule has 0 aliphatic carbocycles. The normalized spacial score (nSPS) is 11.5. The van der Waals surface area contributed by atoms with Gasteiger partial charge < -0.3 is 4.57 Å². The molecule has 200 valence electrons. The number of H-pyrrole nitrogens is 1. The zero-order valence-electron chi connectivity index (χ0n) is 22.4. The highest BCUT2D eigenvalue weighted by molar-refractivity contribution is 5.80. The van der Waals surface area contributed by atoms with Crippen molar-refractivity contribution in [2.45, 2.75) is 39.8 Å². The third-order valence-electron chi connectivity index (χ3n) is 7.03. The Hall–Kier alpha value is -5.12. The molecule has 40 heavy (non-hydrogen) atoms. The molecule has 10 heteroatoms. The summed E-state index contributed by atoms with van der Waals surface area (Å²) in [6.45, 7) is 6.58. The van der Waals surface area contributed by atoms with Crippen LogP contribution in [-0.2, 0) is 13.1 Å². The summed E-state index contributed by atoms with van der Waals surface area (Å²) >= 11 is 0. The number of nitrogens with zero attached hydrogens (tertiary/aromatic N) is 7. The lowest BCUT2D eigenvalue weighted by Gasteiger charge is -2.14. The van der Waals surface area contributed by atoms with Crippen LogP contribution in [-0.4, -0.2) is 39.3 Å². The van der Waals surface area contributed by atoms with E-state index in [9.17, 15) is 9.59 Å². The number of aromatic nitrogens is 8. The van der Waals surface area contributed by atoms with E-state index in [1.807, 2.05) is 97.3 Å². The van der Waals surface area contributed by atoms with Crippen molar-refractivity contribution in [3.05, 3.63) is 111 Å². The topological polar surface area (TPSA) is 116 Å². The molecule has 10 nitrogen and oxygen atoms in total. The van der Waals surface area contributed by atoms with Crippen molar-refractivity contribution in [1.82, 2.24) is 39.3 Å². The fraction of sp³-hybridized carbons (Fsp3) is 0.200. The van der Waals surface area contributed by atoms with E-state index in [1.54, 1.807) is 11.5 Å². The lowest BCUT2D eigenvalue weighted by molar-refractivity contribution is 0.650. The molecule has 0 saturated carbocycles. The first kappa shape index (κ1) is 25.2. The van der Waals surface area contributed by atoms with Gasteiger partial charge in [-0.2, -0.15) is 5.21 Å². The molecule has 0 aliphatic heterocycles. The summed E-state index contributed by atoms with van der Waals surface area (Å²) in [5.74, 6) is 1.31. The molecular weight excluding hydrogens is 504 g/mol. The van der Waals surface area contributed by atoms with Crippen LogP contribution in [0.3, 0.4) is 0 Å². The van der Waals surface area contributed by atoms with Crippen LogP contribution in [0.1, 0.15) is 38.1 Å². The monoisotopic (exact) mass is 532 g/mol. The molecule has 3 aromatic carbocycles. The Kier molecular flexibility index (Phi) is 6.43. The van der Waals surface area contributed by atoms with E-state index in [0.29, 0.717) is 29.2 Å². The molecule has 0 spiro atoms. The van der Waals surface area contributed by atoms with Crippen LogP contribution in [0.25, 0.3) is 39.4 Å². The van der Waals surface area contributed by atoms with E-state index in [4.69, 9.17) is 4.98 Å². The number of tetrazole rings is 1. The standard InChI is InChI=1S/C30H28N8O2/c1-4-36-29(39)25-28(38(30(36)40)22-10-6-5-7-11-22)31-27(19(2)3)37(25)18-20-14-16-21(17-15-20)23-12-8-9-13-24(23)26-32-34-35-33-26/h5-17,19H,4,18H2,1-3H3,(H,32,33,34,35). The van der Waals surface area contributed by atoms with Gasteiger partial charge in [-0.05, 0) is 41.0 Å². The number of rotatable bonds is 7. The van der Waals surface area contributed by atoms with Crippen LogP contribution in [0, 0.1) is 0 Å². The molecule has 6 aromatic rings. The molecule has 6 rings (SSSR count). The third-order valence-corrected chi connectivity index (χ3v) is 7.03. The van der Waals surface area contributed by atoms with Crippen LogP contribution < -0.4 is 11.2 Å². The maximum atomic E-state index is 13.7. The SMILES string of the molecule is CCn1c(=O)c2c(nc(C(C)C)n2Cc2ccc(-c3ccccc3-c3nn[nH]n3)cc2)n(-c2ccccc2)c1=O. The van der Waals surface area contributed by atoms with Gasteiger partial charge in [0.25, 0.3) is 5.56 Å². The largest absolute Gasteiger partial charge is 0.337 e. The van der Waals surface area contributed by atoms with Crippen molar-refractivity contribution in [2.24, 2.45) is 0 Å². The molecule has 0 fully saturated rings. The van der Waals surface area contributed by atoms with Gasteiger partial charge in [0.2, 0.25) is 5.82 Å². The molecule has 0 atom stereocenters. The smallest absolute Gasteiger partial charge is 0.317 e. The predicted molar refractivity (Wildman–Crippen MR) is 154 cm³/mol. The highest BCUT2D eigenvalue weighted by atomic mass is 16.2. The Morgan fingerprint density at radius 1 is 0.850 bits per heavy atom. The Balaban J connectivity index is 1.48. The quantitative estimate of drug-likeness (QED) is 0.326. The summed E-state index contributed by atoms with van der Waals surface area (Å²) in [4.78, 5) is 32.0. The van der Waals surface area contributed by atoms with Crippen LogP contribution in [0.2, 0.25) is 0 Å². The van der Waals surface area contributed by atoms with Crippen molar-refractivity contribution in [3.8, 4) is 28.2 Å². The second kappa shape index (κ2) is 10.2. The lowest BCUT2D eigenvalue weighted by atomic mass is 9.98. The van der Waals surface area contributed by atoms with Crippen LogP contribution in [0.15, 0.2) is 88.5 Å². The van der Waals surface area contributed by atoms with Gasteiger partial charge in [-0.15, -0.1) is 10.2 Å². The molecule has 0 unspecified atom stereocenters. The van der Waals surface area contributed by atoms with Crippen molar-refractivity contribution >= 4 is 11.2 Å². The van der Waals surface area contributed by atoms with E-state index < -0.39 is 5.69 Å². The van der Waals surface area contributed by atoms with Gasteiger partial charge in [0, 0.05) is 24.6 Å².